The van der Waals surface area contributed by atoms with Crippen molar-refractivity contribution in [2.45, 2.75) is 66.4 Å². The Bertz CT molecular complexity index is 609. The molecule has 4 rings (SSSR count). The topological polar surface area (TPSA) is 26.3 Å². The van der Waals surface area contributed by atoms with E-state index in [9.17, 15) is 4.79 Å². The Balaban J connectivity index is 1.97. The highest BCUT2D eigenvalue weighted by molar-refractivity contribution is 8.22. The zero-order valence-corrected chi connectivity index (χ0v) is 17.4. The molecule has 134 valence electrons. The largest absolute Gasteiger partial charge is 0.475 e. The molecule has 2 nitrogen and oxygen atoms in total. The molecule has 0 heterocycles. The van der Waals surface area contributed by atoms with Gasteiger partial charge in [-0.15, -0.1) is 0 Å². The molecule has 2 bridgehead atoms. The average Bonchev–Trinajstić information content (AvgIpc) is 2.50. The van der Waals surface area contributed by atoms with E-state index >= 15 is 0 Å². The Kier molecular flexibility index (Phi) is 4.48. The fraction of sp³-hybridized carbons (Fsp3) is 0.800. The summed E-state index contributed by atoms with van der Waals surface area (Å²) in [6, 6.07) is 0. The highest BCUT2D eigenvalue weighted by Crippen LogP contribution is 2.72. The first-order valence-electron chi connectivity index (χ1n) is 9.02. The predicted molar refractivity (Wildman–Crippen MR) is 105 cm³/mol. The van der Waals surface area contributed by atoms with Crippen molar-refractivity contribution < 1.29 is 9.53 Å². The minimum absolute atomic E-state index is 0.0565. The Hall–Kier alpha value is -0.350. The molecule has 3 fully saturated rings. The second-order valence-electron chi connectivity index (χ2n) is 9.12. The lowest BCUT2D eigenvalue weighted by atomic mass is 9.35. The van der Waals surface area contributed by atoms with Crippen molar-refractivity contribution in [1.82, 2.24) is 0 Å². The third kappa shape index (κ3) is 2.51. The number of ketones is 1. The summed E-state index contributed by atoms with van der Waals surface area (Å²) in [6.45, 7) is 11.6. The van der Waals surface area contributed by atoms with Gasteiger partial charge in [-0.05, 0) is 72.4 Å². The van der Waals surface area contributed by atoms with Crippen LogP contribution in [0.2, 0.25) is 0 Å². The van der Waals surface area contributed by atoms with Gasteiger partial charge in [0, 0.05) is 12.3 Å². The number of carbonyl (C=O) groups is 1. The molecule has 0 aromatic carbocycles. The monoisotopic (exact) mass is 366 g/mol. The van der Waals surface area contributed by atoms with Gasteiger partial charge in [0.25, 0.3) is 0 Å². The number of Topliss-reactive ketones (excluding diaryl/α,β-unsaturated/α-hetero) is 1. The van der Waals surface area contributed by atoms with Crippen molar-refractivity contribution in [3.8, 4) is 0 Å². The maximum atomic E-state index is 12.0. The molecule has 0 aromatic heterocycles. The van der Waals surface area contributed by atoms with E-state index in [0.29, 0.717) is 28.4 Å². The highest BCUT2D eigenvalue weighted by Gasteiger charge is 2.67. The molecular weight excluding hydrogens is 336 g/mol. The molecule has 0 saturated heterocycles. The van der Waals surface area contributed by atoms with E-state index < -0.39 is 0 Å². The van der Waals surface area contributed by atoms with Crippen LogP contribution in [0.4, 0.5) is 0 Å². The van der Waals surface area contributed by atoms with Gasteiger partial charge in [-0.2, -0.15) is 0 Å². The van der Waals surface area contributed by atoms with Crippen molar-refractivity contribution >= 4 is 34.1 Å². The predicted octanol–water partition coefficient (Wildman–Crippen LogP) is 5.41. The van der Waals surface area contributed by atoms with E-state index in [4.69, 9.17) is 17.0 Å². The third-order valence-electron chi connectivity index (χ3n) is 7.75. The van der Waals surface area contributed by atoms with Crippen LogP contribution in [0, 0.1) is 28.1 Å². The number of ether oxygens (including phenoxy) is 1. The third-order valence-corrected chi connectivity index (χ3v) is 8.78. The molecule has 0 aromatic rings. The molecule has 0 aliphatic heterocycles. The zero-order chi connectivity index (χ0) is 17.9. The van der Waals surface area contributed by atoms with Gasteiger partial charge in [0.1, 0.15) is 6.10 Å². The summed E-state index contributed by atoms with van der Waals surface area (Å²) in [6.07, 6.45) is 8.37. The van der Waals surface area contributed by atoms with Crippen LogP contribution in [0.5, 0.6) is 0 Å². The standard InChI is InChI=1S/C20H30O2S2/c1-12-10-19(4,8-7-14(12)21)20(5)11-15(22-17(23)24-6)13-9-16(20)18(13,2)3/h10,13,15-16H,7-9,11H2,1-6H3/t13-,15-,16-,19-,20-/m0/s1. The van der Waals surface area contributed by atoms with Gasteiger partial charge in [0.05, 0.1) is 0 Å². The van der Waals surface area contributed by atoms with Crippen molar-refractivity contribution in [2.75, 3.05) is 6.26 Å². The van der Waals surface area contributed by atoms with Crippen molar-refractivity contribution in [2.24, 2.45) is 28.1 Å². The molecule has 0 amide bonds. The smallest absolute Gasteiger partial charge is 0.219 e. The van der Waals surface area contributed by atoms with Crippen LogP contribution in [0.1, 0.15) is 60.3 Å². The fourth-order valence-electron chi connectivity index (χ4n) is 5.95. The molecule has 0 radical (unpaired) electrons. The first kappa shape index (κ1) is 18.4. The molecule has 5 atom stereocenters. The summed E-state index contributed by atoms with van der Waals surface area (Å²) in [7, 11) is 0. The summed E-state index contributed by atoms with van der Waals surface area (Å²) in [5.74, 6) is 1.59. The number of carbonyl (C=O) groups excluding carboxylic acids is 1. The van der Waals surface area contributed by atoms with E-state index in [0.717, 1.165) is 18.4 Å². The number of thiocarbonyl (C=S) groups is 1. The molecular formula is C20H30O2S2. The second-order valence-corrected chi connectivity index (χ2v) is 10.5. The van der Waals surface area contributed by atoms with Crippen LogP contribution in [-0.2, 0) is 9.53 Å². The Labute approximate surface area is 156 Å². The quantitative estimate of drug-likeness (QED) is 0.611. The molecule has 4 aliphatic rings. The zero-order valence-electron chi connectivity index (χ0n) is 15.8. The summed E-state index contributed by atoms with van der Waals surface area (Å²) in [5.41, 5.74) is 1.42. The van der Waals surface area contributed by atoms with E-state index in [1.165, 1.54) is 18.2 Å². The highest BCUT2D eigenvalue weighted by atomic mass is 32.2. The number of rotatable bonds is 2. The van der Waals surface area contributed by atoms with Crippen LogP contribution >= 0.6 is 24.0 Å². The lowest BCUT2D eigenvalue weighted by Gasteiger charge is -2.70. The van der Waals surface area contributed by atoms with Gasteiger partial charge in [0.15, 0.2) is 5.78 Å². The first-order valence-corrected chi connectivity index (χ1v) is 10.7. The van der Waals surface area contributed by atoms with Crippen LogP contribution in [0.3, 0.4) is 0 Å². The minimum atomic E-state index is 0.0565. The molecule has 0 spiro atoms. The average molecular weight is 367 g/mol. The molecule has 3 saturated carbocycles. The maximum absolute atomic E-state index is 12.0. The number of hydrogen-bond donors (Lipinski definition) is 0. The molecule has 24 heavy (non-hydrogen) atoms. The SMILES string of the molecule is CSC(=S)O[C@H]1C[C@](C)([C@]2(C)C=C(C)C(=O)CC2)[C@H]2C[C@@H]1C2(C)C. The first-order chi connectivity index (χ1) is 11.0. The van der Waals surface area contributed by atoms with E-state index in [-0.39, 0.29) is 22.3 Å². The van der Waals surface area contributed by atoms with Gasteiger partial charge < -0.3 is 4.74 Å². The van der Waals surface area contributed by atoms with Gasteiger partial charge in [0.2, 0.25) is 4.38 Å². The van der Waals surface area contributed by atoms with Crippen molar-refractivity contribution in [3.05, 3.63) is 11.6 Å². The fourth-order valence-corrected chi connectivity index (χ4v) is 6.30. The number of allylic oxidation sites excluding steroid dienone is 2. The summed E-state index contributed by atoms with van der Waals surface area (Å²) in [5, 5.41) is 0. The van der Waals surface area contributed by atoms with E-state index in [1.54, 1.807) is 0 Å². The van der Waals surface area contributed by atoms with Crippen molar-refractivity contribution in [3.63, 3.8) is 0 Å². The van der Waals surface area contributed by atoms with E-state index in [1.807, 2.05) is 13.2 Å². The van der Waals surface area contributed by atoms with Crippen molar-refractivity contribution in [1.29, 1.82) is 0 Å². The molecule has 0 unspecified atom stereocenters. The minimum Gasteiger partial charge on any atom is -0.475 e. The lowest BCUT2D eigenvalue weighted by molar-refractivity contribution is -0.231. The summed E-state index contributed by atoms with van der Waals surface area (Å²) < 4.78 is 6.88. The Morgan fingerprint density at radius 3 is 2.54 bits per heavy atom. The molecule has 4 aliphatic carbocycles. The number of hydrogen-bond acceptors (Lipinski definition) is 4. The summed E-state index contributed by atoms with van der Waals surface area (Å²) >= 11 is 6.88. The van der Waals surface area contributed by atoms with Gasteiger partial charge in [-0.25, -0.2) is 0 Å². The normalized spacial score (nSPS) is 43.7. The number of fused-ring (bicyclic) bond motifs is 2. The lowest BCUT2D eigenvalue weighted by Crippen LogP contribution is -2.66. The second kappa shape index (κ2) is 5.84. The maximum Gasteiger partial charge on any atom is 0.219 e. The van der Waals surface area contributed by atoms with Crippen LogP contribution < -0.4 is 0 Å². The van der Waals surface area contributed by atoms with Gasteiger partial charge in [-0.3, -0.25) is 4.79 Å². The summed E-state index contributed by atoms with van der Waals surface area (Å²) in [4.78, 5) is 12.0. The van der Waals surface area contributed by atoms with Gasteiger partial charge >= 0.3 is 0 Å². The van der Waals surface area contributed by atoms with E-state index in [2.05, 4.69) is 33.8 Å². The van der Waals surface area contributed by atoms with Gasteiger partial charge in [-0.1, -0.05) is 45.5 Å². The van der Waals surface area contributed by atoms with Crippen LogP contribution in [0.25, 0.3) is 0 Å². The molecule has 0 N–H and O–H groups in total. The van der Waals surface area contributed by atoms with Crippen LogP contribution in [0.15, 0.2) is 11.6 Å². The number of thioether (sulfide) groups is 1. The molecule has 4 heteroatoms. The Morgan fingerprint density at radius 2 is 2.00 bits per heavy atom. The van der Waals surface area contributed by atoms with Crippen LogP contribution in [-0.4, -0.2) is 22.5 Å². The Morgan fingerprint density at radius 1 is 1.33 bits per heavy atom.